The first kappa shape index (κ1) is 12.0. The van der Waals surface area contributed by atoms with Crippen LogP contribution in [0.3, 0.4) is 0 Å². The first-order valence-electron chi connectivity index (χ1n) is 5.77. The van der Waals surface area contributed by atoms with E-state index in [1.807, 2.05) is 11.7 Å². The van der Waals surface area contributed by atoms with Crippen molar-refractivity contribution < 1.29 is 0 Å². The van der Waals surface area contributed by atoms with Gasteiger partial charge < -0.3 is 5.32 Å². The number of hydrogen-bond donors (Lipinski definition) is 1. The molecule has 0 unspecified atom stereocenters. The smallest absolute Gasteiger partial charge is 0.0794 e. The van der Waals surface area contributed by atoms with Crippen LogP contribution in [-0.2, 0) is 6.54 Å². The molecule has 0 spiro atoms. The fourth-order valence-corrected chi connectivity index (χ4v) is 2.70. The van der Waals surface area contributed by atoms with Crippen molar-refractivity contribution in [2.24, 2.45) is 0 Å². The molecule has 1 aromatic rings. The maximum atomic E-state index is 4.15. The SMILES string of the molecule is CC1(C)CN(Cc2cncs2)C(C)(C)CN1. The van der Waals surface area contributed by atoms with Crippen LogP contribution in [0.25, 0.3) is 0 Å². The highest BCUT2D eigenvalue weighted by atomic mass is 32.1. The summed E-state index contributed by atoms with van der Waals surface area (Å²) >= 11 is 1.74. The van der Waals surface area contributed by atoms with E-state index in [0.717, 1.165) is 19.6 Å². The Bertz CT molecular complexity index is 343. The normalized spacial score (nSPS) is 24.5. The van der Waals surface area contributed by atoms with Gasteiger partial charge in [-0.3, -0.25) is 9.88 Å². The Labute approximate surface area is 102 Å². The summed E-state index contributed by atoms with van der Waals surface area (Å²) in [5.41, 5.74) is 2.34. The van der Waals surface area contributed by atoms with E-state index in [4.69, 9.17) is 0 Å². The van der Waals surface area contributed by atoms with Gasteiger partial charge in [0.15, 0.2) is 0 Å². The molecule has 90 valence electrons. The topological polar surface area (TPSA) is 28.2 Å². The van der Waals surface area contributed by atoms with Gasteiger partial charge >= 0.3 is 0 Å². The lowest BCUT2D eigenvalue weighted by atomic mass is 9.91. The van der Waals surface area contributed by atoms with Crippen LogP contribution < -0.4 is 5.32 Å². The Morgan fingerprint density at radius 3 is 2.81 bits per heavy atom. The Morgan fingerprint density at radius 2 is 2.19 bits per heavy atom. The van der Waals surface area contributed by atoms with Gasteiger partial charge in [-0.05, 0) is 27.7 Å². The molecular weight excluding hydrogens is 218 g/mol. The number of rotatable bonds is 2. The maximum absolute atomic E-state index is 4.15. The average Bonchev–Trinajstić information content (AvgIpc) is 2.65. The van der Waals surface area contributed by atoms with Crippen LogP contribution in [0.1, 0.15) is 32.6 Å². The third kappa shape index (κ3) is 2.62. The van der Waals surface area contributed by atoms with Crippen molar-refractivity contribution in [3.63, 3.8) is 0 Å². The molecule has 0 radical (unpaired) electrons. The molecule has 1 aliphatic rings. The van der Waals surface area contributed by atoms with Crippen molar-refractivity contribution in [1.29, 1.82) is 0 Å². The lowest BCUT2D eigenvalue weighted by molar-refractivity contribution is 0.0332. The van der Waals surface area contributed by atoms with Crippen LogP contribution >= 0.6 is 11.3 Å². The first-order valence-corrected chi connectivity index (χ1v) is 6.64. The first-order chi connectivity index (χ1) is 7.39. The van der Waals surface area contributed by atoms with Crippen molar-refractivity contribution in [3.05, 3.63) is 16.6 Å². The van der Waals surface area contributed by atoms with E-state index in [0.29, 0.717) is 0 Å². The van der Waals surface area contributed by atoms with E-state index in [2.05, 4.69) is 42.9 Å². The fourth-order valence-electron chi connectivity index (χ4n) is 2.09. The second kappa shape index (κ2) is 4.09. The molecule has 1 fully saturated rings. The monoisotopic (exact) mass is 239 g/mol. The molecular formula is C12H21N3S. The maximum Gasteiger partial charge on any atom is 0.0794 e. The van der Waals surface area contributed by atoms with Gasteiger partial charge in [0.25, 0.3) is 0 Å². The van der Waals surface area contributed by atoms with E-state index in [1.54, 1.807) is 11.3 Å². The van der Waals surface area contributed by atoms with Crippen molar-refractivity contribution >= 4 is 11.3 Å². The Balaban J connectivity index is 2.10. The molecule has 1 aromatic heterocycles. The number of aromatic nitrogens is 1. The molecule has 1 saturated heterocycles. The van der Waals surface area contributed by atoms with E-state index in [-0.39, 0.29) is 11.1 Å². The van der Waals surface area contributed by atoms with Crippen molar-refractivity contribution in [2.75, 3.05) is 13.1 Å². The highest BCUT2D eigenvalue weighted by molar-refractivity contribution is 7.09. The van der Waals surface area contributed by atoms with Crippen LogP contribution in [0.15, 0.2) is 11.7 Å². The molecule has 3 nitrogen and oxygen atoms in total. The molecule has 2 rings (SSSR count). The highest BCUT2D eigenvalue weighted by Crippen LogP contribution is 2.26. The second-order valence-corrected chi connectivity index (χ2v) is 6.84. The third-order valence-corrected chi connectivity index (χ3v) is 4.04. The minimum Gasteiger partial charge on any atom is -0.309 e. The number of nitrogens with one attached hydrogen (secondary N) is 1. The zero-order chi connectivity index (χ0) is 11.8. The Hall–Kier alpha value is -0.450. The summed E-state index contributed by atoms with van der Waals surface area (Å²) in [7, 11) is 0. The summed E-state index contributed by atoms with van der Waals surface area (Å²) in [6, 6.07) is 0. The van der Waals surface area contributed by atoms with Gasteiger partial charge in [0.1, 0.15) is 0 Å². The zero-order valence-electron chi connectivity index (χ0n) is 10.6. The number of piperazine rings is 1. The summed E-state index contributed by atoms with van der Waals surface area (Å²) in [6.45, 7) is 12.3. The Kier molecular flexibility index (Phi) is 3.07. The molecule has 0 amide bonds. The molecule has 0 aromatic carbocycles. The third-order valence-electron chi connectivity index (χ3n) is 3.27. The molecule has 0 saturated carbocycles. The molecule has 0 aliphatic carbocycles. The lowest BCUT2D eigenvalue weighted by Crippen LogP contribution is -2.65. The van der Waals surface area contributed by atoms with Gasteiger partial charge in [0.05, 0.1) is 5.51 Å². The van der Waals surface area contributed by atoms with Crippen molar-refractivity contribution in [2.45, 2.75) is 45.3 Å². The number of thiazole rings is 1. The van der Waals surface area contributed by atoms with Crippen molar-refractivity contribution in [1.82, 2.24) is 15.2 Å². The predicted octanol–water partition coefficient (Wildman–Crippen LogP) is 2.11. The predicted molar refractivity (Wildman–Crippen MR) is 68.7 cm³/mol. The van der Waals surface area contributed by atoms with E-state index >= 15 is 0 Å². The van der Waals surface area contributed by atoms with Gasteiger partial charge in [-0.15, -0.1) is 11.3 Å². The largest absolute Gasteiger partial charge is 0.309 e. The molecule has 2 heterocycles. The van der Waals surface area contributed by atoms with Crippen LogP contribution in [0.5, 0.6) is 0 Å². The Morgan fingerprint density at radius 1 is 1.44 bits per heavy atom. The molecule has 16 heavy (non-hydrogen) atoms. The summed E-state index contributed by atoms with van der Waals surface area (Å²) in [5.74, 6) is 0. The zero-order valence-corrected chi connectivity index (χ0v) is 11.4. The summed E-state index contributed by atoms with van der Waals surface area (Å²) in [4.78, 5) is 8.05. The molecule has 1 N–H and O–H groups in total. The molecule has 1 aliphatic heterocycles. The molecule has 4 heteroatoms. The summed E-state index contributed by atoms with van der Waals surface area (Å²) < 4.78 is 0. The standard InChI is InChI=1S/C12H21N3S/c1-11(2)8-15(12(3,4)7-14-11)6-10-5-13-9-16-10/h5,9,14H,6-8H2,1-4H3. The molecule has 0 bridgehead atoms. The number of nitrogens with zero attached hydrogens (tertiary/aromatic N) is 2. The minimum absolute atomic E-state index is 0.209. The second-order valence-electron chi connectivity index (χ2n) is 5.87. The summed E-state index contributed by atoms with van der Waals surface area (Å²) in [6.07, 6.45) is 1.98. The minimum atomic E-state index is 0.209. The van der Waals surface area contributed by atoms with Crippen molar-refractivity contribution in [3.8, 4) is 0 Å². The van der Waals surface area contributed by atoms with Gasteiger partial charge in [-0.1, -0.05) is 0 Å². The van der Waals surface area contributed by atoms with Gasteiger partial charge in [0, 0.05) is 41.8 Å². The molecule has 0 atom stereocenters. The lowest BCUT2D eigenvalue weighted by Gasteiger charge is -2.49. The van der Waals surface area contributed by atoms with Crippen LogP contribution in [0.4, 0.5) is 0 Å². The fraction of sp³-hybridized carbons (Fsp3) is 0.750. The quantitative estimate of drug-likeness (QED) is 0.856. The van der Waals surface area contributed by atoms with Crippen LogP contribution in [0.2, 0.25) is 0 Å². The van der Waals surface area contributed by atoms with E-state index in [1.165, 1.54) is 4.88 Å². The van der Waals surface area contributed by atoms with Gasteiger partial charge in [-0.25, -0.2) is 0 Å². The highest BCUT2D eigenvalue weighted by Gasteiger charge is 2.37. The van der Waals surface area contributed by atoms with Gasteiger partial charge in [0.2, 0.25) is 0 Å². The van der Waals surface area contributed by atoms with Crippen LogP contribution in [-0.4, -0.2) is 34.1 Å². The van der Waals surface area contributed by atoms with Gasteiger partial charge in [-0.2, -0.15) is 0 Å². The van der Waals surface area contributed by atoms with E-state index < -0.39 is 0 Å². The van der Waals surface area contributed by atoms with E-state index in [9.17, 15) is 0 Å². The average molecular weight is 239 g/mol. The summed E-state index contributed by atoms with van der Waals surface area (Å²) in [5, 5.41) is 3.60. The van der Waals surface area contributed by atoms with Crippen LogP contribution in [0, 0.1) is 0 Å². The number of hydrogen-bond acceptors (Lipinski definition) is 4.